The number of carboxylic acid groups (broad SMARTS) is 1. The van der Waals surface area contributed by atoms with Crippen LogP contribution in [0.25, 0.3) is 6.08 Å². The molecule has 0 unspecified atom stereocenters. The van der Waals surface area contributed by atoms with Crippen LogP contribution >= 0.6 is 11.6 Å². The lowest BCUT2D eigenvalue weighted by Crippen LogP contribution is -1.99. The van der Waals surface area contributed by atoms with Crippen molar-refractivity contribution in [2.75, 3.05) is 0 Å². The molecule has 0 aromatic heterocycles. The molecule has 2 aromatic rings. The van der Waals surface area contributed by atoms with Gasteiger partial charge in [-0.25, -0.2) is 9.18 Å². The lowest BCUT2D eigenvalue weighted by atomic mass is 10.2. The number of hydrogen-bond donors (Lipinski definition) is 1. The van der Waals surface area contributed by atoms with E-state index < -0.39 is 11.8 Å². The molecule has 5 heteroatoms. The maximum Gasteiger partial charge on any atom is 0.328 e. The third-order valence-electron chi connectivity index (χ3n) is 2.72. The van der Waals surface area contributed by atoms with Gasteiger partial charge in [0.2, 0.25) is 0 Å². The Kier molecular flexibility index (Phi) is 4.95. The Labute approximate surface area is 126 Å². The van der Waals surface area contributed by atoms with Crippen molar-refractivity contribution < 1.29 is 19.0 Å². The minimum atomic E-state index is -1.05. The highest BCUT2D eigenvalue weighted by Crippen LogP contribution is 2.22. The fraction of sp³-hybridized carbons (Fsp3) is 0.0625. The molecule has 0 atom stereocenters. The highest BCUT2D eigenvalue weighted by atomic mass is 35.5. The predicted molar refractivity (Wildman–Crippen MR) is 78.9 cm³/mol. The summed E-state index contributed by atoms with van der Waals surface area (Å²) in [6.07, 6.45) is 2.44. The molecule has 0 bridgehead atoms. The van der Waals surface area contributed by atoms with Crippen molar-refractivity contribution >= 4 is 23.6 Å². The SMILES string of the molecule is O=C(O)/C=C/c1ccccc1OCc1cc(Cl)ccc1F. The van der Waals surface area contributed by atoms with Gasteiger partial charge in [0.15, 0.2) is 0 Å². The summed E-state index contributed by atoms with van der Waals surface area (Å²) in [5, 5.41) is 9.07. The summed E-state index contributed by atoms with van der Waals surface area (Å²) in [7, 11) is 0. The van der Waals surface area contributed by atoms with E-state index in [1.165, 1.54) is 24.3 Å². The molecule has 0 aliphatic heterocycles. The van der Waals surface area contributed by atoms with Crippen molar-refractivity contribution in [2.45, 2.75) is 6.61 Å². The second-order valence-corrected chi connectivity index (χ2v) is 4.67. The van der Waals surface area contributed by atoms with Crippen LogP contribution in [-0.2, 0) is 11.4 Å². The van der Waals surface area contributed by atoms with Crippen LogP contribution in [0.3, 0.4) is 0 Å². The summed E-state index contributed by atoms with van der Waals surface area (Å²) >= 11 is 5.82. The van der Waals surface area contributed by atoms with E-state index in [0.29, 0.717) is 21.9 Å². The van der Waals surface area contributed by atoms with Gasteiger partial charge in [-0.1, -0.05) is 29.8 Å². The van der Waals surface area contributed by atoms with E-state index >= 15 is 0 Å². The zero-order valence-corrected chi connectivity index (χ0v) is 11.7. The second-order valence-electron chi connectivity index (χ2n) is 4.23. The number of carboxylic acids is 1. The van der Waals surface area contributed by atoms with Crippen LogP contribution in [0.5, 0.6) is 5.75 Å². The normalized spacial score (nSPS) is 10.8. The summed E-state index contributed by atoms with van der Waals surface area (Å²) in [5.74, 6) is -0.988. The molecule has 0 amide bonds. The van der Waals surface area contributed by atoms with Gasteiger partial charge in [-0.3, -0.25) is 0 Å². The van der Waals surface area contributed by atoms with Gasteiger partial charge < -0.3 is 9.84 Å². The number of hydrogen-bond acceptors (Lipinski definition) is 2. The van der Waals surface area contributed by atoms with Gasteiger partial charge in [-0.15, -0.1) is 0 Å². The van der Waals surface area contributed by atoms with Gasteiger partial charge in [0, 0.05) is 22.2 Å². The minimum Gasteiger partial charge on any atom is -0.488 e. The lowest BCUT2D eigenvalue weighted by Gasteiger charge is -2.10. The molecular formula is C16H12ClFO3. The average Bonchev–Trinajstić information content (AvgIpc) is 2.47. The quantitative estimate of drug-likeness (QED) is 0.844. The molecule has 2 aromatic carbocycles. The van der Waals surface area contributed by atoms with Crippen molar-refractivity contribution in [3.05, 3.63) is 70.5 Å². The first kappa shape index (κ1) is 15.1. The topological polar surface area (TPSA) is 46.5 Å². The number of ether oxygens (including phenoxy) is 1. The first-order valence-corrected chi connectivity index (χ1v) is 6.51. The molecule has 0 aliphatic rings. The van der Waals surface area contributed by atoms with Crippen LogP contribution in [-0.4, -0.2) is 11.1 Å². The van der Waals surface area contributed by atoms with Crippen LogP contribution in [0, 0.1) is 5.82 Å². The molecule has 2 rings (SSSR count). The summed E-state index contributed by atoms with van der Waals surface area (Å²) in [5.41, 5.74) is 0.932. The predicted octanol–water partition coefficient (Wildman–Crippen LogP) is 4.16. The van der Waals surface area contributed by atoms with Crippen LogP contribution in [0.1, 0.15) is 11.1 Å². The van der Waals surface area contributed by atoms with Gasteiger partial charge in [-0.05, 0) is 30.3 Å². The van der Waals surface area contributed by atoms with Crippen molar-refractivity contribution in [1.82, 2.24) is 0 Å². The van der Waals surface area contributed by atoms with Crippen molar-refractivity contribution in [2.24, 2.45) is 0 Å². The van der Waals surface area contributed by atoms with E-state index in [-0.39, 0.29) is 6.61 Å². The maximum atomic E-state index is 13.6. The van der Waals surface area contributed by atoms with E-state index in [4.69, 9.17) is 21.4 Å². The lowest BCUT2D eigenvalue weighted by molar-refractivity contribution is -0.131. The number of carbonyl (C=O) groups is 1. The van der Waals surface area contributed by atoms with Gasteiger partial charge in [0.1, 0.15) is 18.2 Å². The zero-order valence-electron chi connectivity index (χ0n) is 10.9. The number of para-hydroxylation sites is 1. The molecule has 0 radical (unpaired) electrons. The van der Waals surface area contributed by atoms with Crippen LogP contribution in [0.2, 0.25) is 5.02 Å². The van der Waals surface area contributed by atoms with E-state index in [2.05, 4.69) is 0 Å². The molecule has 0 aliphatic carbocycles. The minimum absolute atomic E-state index is 0.00428. The van der Waals surface area contributed by atoms with Gasteiger partial charge in [-0.2, -0.15) is 0 Å². The standard InChI is InChI=1S/C16H12ClFO3/c17-13-6-7-14(18)12(9-13)10-21-15-4-2-1-3-11(15)5-8-16(19)20/h1-9H,10H2,(H,19,20)/b8-5+. The number of benzene rings is 2. The van der Waals surface area contributed by atoms with Gasteiger partial charge in [0.05, 0.1) is 0 Å². The molecule has 0 saturated carbocycles. The number of rotatable bonds is 5. The molecule has 0 heterocycles. The highest BCUT2D eigenvalue weighted by molar-refractivity contribution is 6.30. The Morgan fingerprint density at radius 1 is 1.29 bits per heavy atom. The summed E-state index contributed by atoms with van der Waals surface area (Å²) in [6, 6.07) is 11.1. The monoisotopic (exact) mass is 306 g/mol. The third-order valence-corrected chi connectivity index (χ3v) is 2.95. The van der Waals surface area contributed by atoms with Gasteiger partial charge >= 0.3 is 5.97 Å². The average molecular weight is 307 g/mol. The summed E-state index contributed by atoms with van der Waals surface area (Å²) in [4.78, 5) is 10.6. The Balaban J connectivity index is 2.16. The molecule has 3 nitrogen and oxygen atoms in total. The summed E-state index contributed by atoms with van der Waals surface area (Å²) < 4.78 is 19.1. The maximum absolute atomic E-state index is 13.6. The van der Waals surface area contributed by atoms with Crippen molar-refractivity contribution in [3.63, 3.8) is 0 Å². The first-order chi connectivity index (χ1) is 10.1. The van der Waals surface area contributed by atoms with E-state index in [0.717, 1.165) is 6.08 Å². The van der Waals surface area contributed by atoms with Crippen LogP contribution < -0.4 is 4.74 Å². The molecule has 0 saturated heterocycles. The van der Waals surface area contributed by atoms with Crippen molar-refractivity contribution in [3.8, 4) is 5.75 Å². The zero-order chi connectivity index (χ0) is 15.2. The summed E-state index contributed by atoms with van der Waals surface area (Å²) in [6.45, 7) is 0.00428. The third kappa shape index (κ3) is 4.33. The fourth-order valence-corrected chi connectivity index (χ4v) is 1.91. The van der Waals surface area contributed by atoms with Crippen LogP contribution in [0.15, 0.2) is 48.5 Å². The van der Waals surface area contributed by atoms with E-state index in [1.807, 2.05) is 0 Å². The molecule has 108 valence electrons. The molecule has 21 heavy (non-hydrogen) atoms. The molecular weight excluding hydrogens is 295 g/mol. The first-order valence-electron chi connectivity index (χ1n) is 6.13. The fourth-order valence-electron chi connectivity index (χ4n) is 1.72. The van der Waals surface area contributed by atoms with Crippen LogP contribution in [0.4, 0.5) is 4.39 Å². The highest BCUT2D eigenvalue weighted by Gasteiger charge is 2.06. The van der Waals surface area contributed by atoms with E-state index in [9.17, 15) is 9.18 Å². The van der Waals surface area contributed by atoms with Gasteiger partial charge in [0.25, 0.3) is 0 Å². The second kappa shape index (κ2) is 6.90. The molecule has 0 fully saturated rings. The van der Waals surface area contributed by atoms with E-state index in [1.54, 1.807) is 24.3 Å². The number of aliphatic carboxylic acids is 1. The smallest absolute Gasteiger partial charge is 0.328 e. The largest absolute Gasteiger partial charge is 0.488 e. The Morgan fingerprint density at radius 3 is 2.81 bits per heavy atom. The Hall–Kier alpha value is -2.33. The van der Waals surface area contributed by atoms with Crippen molar-refractivity contribution in [1.29, 1.82) is 0 Å². The molecule has 0 spiro atoms. The molecule has 1 N–H and O–H groups in total. The number of halogens is 2. The Morgan fingerprint density at radius 2 is 2.05 bits per heavy atom. The Bertz CT molecular complexity index is 683.